The van der Waals surface area contributed by atoms with E-state index in [0.717, 1.165) is 77.0 Å². The number of aromatic carboxylic acids is 1. The molecule has 0 radical (unpaired) electrons. The molecule has 8 saturated carbocycles. The lowest BCUT2D eigenvalue weighted by atomic mass is 9.89. The van der Waals surface area contributed by atoms with Gasteiger partial charge in [0.15, 0.2) is 0 Å². The Bertz CT molecular complexity index is 5040. The maximum atomic E-state index is 12.2. The molecule has 16 rings (SSSR count). The number of hydrogen-bond donors (Lipinski definition) is 15. The summed E-state index contributed by atoms with van der Waals surface area (Å²) in [5, 5.41) is 85.8. The number of esters is 2. The van der Waals surface area contributed by atoms with Crippen molar-refractivity contribution in [3.8, 4) is 0 Å². The van der Waals surface area contributed by atoms with Crippen LogP contribution in [-0.2, 0) is 14.2 Å². The van der Waals surface area contributed by atoms with Crippen molar-refractivity contribution in [1.82, 2.24) is 32.0 Å². The Kier molecular flexibility index (Phi) is 33.3. The van der Waals surface area contributed by atoms with Gasteiger partial charge in [0, 0.05) is 49.4 Å². The van der Waals surface area contributed by atoms with Gasteiger partial charge < -0.3 is 125 Å². The smallest absolute Gasteiger partial charge is 0.412 e. The summed E-state index contributed by atoms with van der Waals surface area (Å²) in [7, 11) is 2.44. The fraction of sp³-hybridized carbons (Fsp3) is 0.463. The van der Waals surface area contributed by atoms with Crippen molar-refractivity contribution in [3.05, 3.63) is 246 Å². The molecule has 0 aliphatic heterocycles. The van der Waals surface area contributed by atoms with Crippen LogP contribution in [0.4, 0.5) is 33.2 Å². The first kappa shape index (κ1) is 93.6. The number of amides is 1. The fourth-order valence-corrected chi connectivity index (χ4v) is 13.1. The van der Waals surface area contributed by atoms with Gasteiger partial charge in [-0.05, 0) is 221 Å². The predicted octanol–water partition coefficient (Wildman–Crippen LogP) is 2.86. The van der Waals surface area contributed by atoms with Gasteiger partial charge in [-0.1, -0.05) is 0 Å². The Labute approximate surface area is 686 Å². The lowest BCUT2D eigenvalue weighted by Crippen LogP contribution is -2.43. The quantitative estimate of drug-likeness (QED) is 0.0654. The zero-order valence-corrected chi connectivity index (χ0v) is 67.0. The molecule has 1 amide bonds. The minimum atomic E-state index is -1.23. The molecule has 20 N–H and O–H groups in total. The molecule has 0 aromatic carbocycles. The molecule has 0 saturated heterocycles. The average Bonchev–Trinajstić information content (AvgIpc) is 0.853. The third-order valence-corrected chi connectivity index (χ3v) is 21.6. The van der Waals surface area contributed by atoms with Gasteiger partial charge in [-0.15, -0.1) is 0 Å². The number of nitrogen functional groups attached to an aromatic ring is 4. The van der Waals surface area contributed by atoms with E-state index in [1.54, 1.807) is 119 Å². The number of nitrogens with one attached hydrogen (secondary N) is 1. The number of rotatable bonds is 11. The van der Waals surface area contributed by atoms with Crippen LogP contribution < -0.4 is 78.5 Å². The highest BCUT2D eigenvalue weighted by atomic mass is 16.6. The summed E-state index contributed by atoms with van der Waals surface area (Å²) in [4.78, 5) is 137. The number of carboxylic acids is 1. The summed E-state index contributed by atoms with van der Waals surface area (Å²) in [5.41, 5.74) is 24.5. The molecule has 16 atom stereocenters. The number of carbonyl (C=O) groups is 4. The van der Waals surface area contributed by atoms with Crippen molar-refractivity contribution in [1.29, 1.82) is 0 Å². The van der Waals surface area contributed by atoms with Gasteiger partial charge in [-0.3, -0.25) is 38.9 Å². The fourth-order valence-electron chi connectivity index (χ4n) is 13.1. The Morgan fingerprint density at radius 1 is 0.367 bits per heavy atom. The first-order chi connectivity index (χ1) is 56.9. The molecule has 38 heteroatoms. The number of aliphatic hydroxyl groups is 8. The molecule has 5 unspecified atom stereocenters. The number of nitrogens with two attached hydrogens (primary N) is 5. The van der Waals surface area contributed by atoms with Crippen LogP contribution in [0, 0.1) is 0 Å². The molecule has 38 nitrogen and oxygen atoms in total. The van der Waals surface area contributed by atoms with Crippen LogP contribution in [0.5, 0.6) is 0 Å². The molecule has 8 heterocycles. The van der Waals surface area contributed by atoms with Crippen LogP contribution in [0.3, 0.4) is 0 Å². The Morgan fingerprint density at radius 2 is 0.625 bits per heavy atom. The third-order valence-electron chi connectivity index (χ3n) is 21.6. The molecule has 8 aromatic rings. The van der Waals surface area contributed by atoms with E-state index >= 15 is 0 Å². The standard InChI is InChI=1S/C14H20N2O4.C11H13NO4.C10H11NO4.4C9H12N2O2.C7H6O4.C4H9NO/c1-14(2,3)20-13(19)15-9-5-4-8-16(12(9)18)10-6-7-11(10)17;1-16-11(15)7-3-2-6-12(10(7)14)8-4-5-9(8)13;12-8-4-3-7(8)11-5-1-2-6(9(11)13)10(14)15;4*10-6-2-1-5-11(9(6)13)7-3-4-8(7)12;1-10-6(8)5-3-2-4-11-7(5)9;5-3-1-2-4(3)6/h4-5,8,10-11,17H,6-7H2,1-3H3,(H,15,19);2-3,6,8-9,13H,4-5H2,1H3;1-2,5,7-8,12H,3-4H2,(H,14,15);4*1-2,5,7-8,12H,3-4,10H2;2-4H,1H3;3-4,6H,1-2,5H2/t10?,11-;8?,9-;3*7?,8-;2*7-,8-;;3-,4-/m0000010.0/s1. The molecule has 8 aromatic heterocycles. The van der Waals surface area contributed by atoms with Gasteiger partial charge >= 0.3 is 29.6 Å². The van der Waals surface area contributed by atoms with Gasteiger partial charge in [-0.2, -0.15) is 0 Å². The Hall–Kier alpha value is -11.9. The van der Waals surface area contributed by atoms with Crippen LogP contribution in [0.2, 0.25) is 0 Å². The van der Waals surface area contributed by atoms with Gasteiger partial charge in [0.25, 0.3) is 38.9 Å². The lowest BCUT2D eigenvalue weighted by molar-refractivity contribution is 0.0292. The van der Waals surface area contributed by atoms with Crippen molar-refractivity contribution in [3.63, 3.8) is 0 Å². The SMILES string of the molecule is CC(C)(C)OC(=O)Nc1cccn(C2CC[C@@H]2O)c1=O.COC(=O)c1cccn(C2CC[C@@H]2O)c1=O.COC(=O)c1cccoc1=O.N[C@H]1CC[C@@H]1O.Nc1cccn(C2CC[C@@H]2O)c1=O.Nc1cccn(C2CC[C@@H]2O)c1=O.Nc1cccn([C@@H]2CC[C@H]2O)c1=O.Nc1cccn([C@H]2CC[C@@H]2O)c1=O.O=C(O)c1cccn(C2CC[C@@H]2O)c1=O. The van der Waals surface area contributed by atoms with Crippen molar-refractivity contribution in [2.24, 2.45) is 5.73 Å². The minimum Gasteiger partial charge on any atom is -0.477 e. The maximum absolute atomic E-state index is 12.2. The highest BCUT2D eigenvalue weighted by molar-refractivity contribution is 5.89. The predicted molar refractivity (Wildman–Crippen MR) is 440 cm³/mol. The van der Waals surface area contributed by atoms with Crippen molar-refractivity contribution in [2.75, 3.05) is 42.5 Å². The lowest BCUT2D eigenvalue weighted by Gasteiger charge is -2.34. The van der Waals surface area contributed by atoms with Crippen LogP contribution in [0.15, 0.2) is 189 Å². The monoisotopic (exact) mass is 1670 g/mol. The molecular weight excluding hydrogens is 1570 g/mol. The second-order valence-corrected chi connectivity index (χ2v) is 30.6. The van der Waals surface area contributed by atoms with Crippen molar-refractivity contribution in [2.45, 2.75) is 226 Å². The normalized spacial score (nSPS) is 24.6. The summed E-state index contributed by atoms with van der Waals surface area (Å²) in [6.07, 6.45) is 21.3. The summed E-state index contributed by atoms with van der Waals surface area (Å²) >= 11 is 0. The van der Waals surface area contributed by atoms with E-state index in [2.05, 4.69) is 19.2 Å². The second-order valence-electron chi connectivity index (χ2n) is 30.6. The van der Waals surface area contributed by atoms with Crippen LogP contribution >= 0.6 is 0 Å². The van der Waals surface area contributed by atoms with E-state index in [4.69, 9.17) is 43.6 Å². The minimum absolute atomic E-state index is 0.00380. The number of carboxylic acid groups (broad SMARTS) is 1. The van der Waals surface area contributed by atoms with Crippen LogP contribution in [-0.4, -0.2) is 177 Å². The highest BCUT2D eigenvalue weighted by Crippen LogP contribution is 2.36. The summed E-state index contributed by atoms with van der Waals surface area (Å²) in [6.45, 7) is 5.25. The van der Waals surface area contributed by atoms with Gasteiger partial charge in [0.05, 0.1) is 134 Å². The number of methoxy groups -OCH3 is 2. The molecule has 8 aliphatic carbocycles. The summed E-state index contributed by atoms with van der Waals surface area (Å²) in [5.74, 6) is -2.56. The highest BCUT2D eigenvalue weighted by Gasteiger charge is 2.37. The molecular formula is C82H107N13O25. The van der Waals surface area contributed by atoms with E-state index in [9.17, 15) is 93.3 Å². The van der Waals surface area contributed by atoms with Crippen molar-refractivity contribution < 1.29 is 83.8 Å². The molecule has 650 valence electrons. The van der Waals surface area contributed by atoms with Gasteiger partial charge in [0.1, 0.15) is 28.0 Å². The number of aromatic nitrogens is 7. The van der Waals surface area contributed by atoms with E-state index in [-0.39, 0.29) is 152 Å². The van der Waals surface area contributed by atoms with Gasteiger partial charge in [0.2, 0.25) is 0 Å². The summed E-state index contributed by atoms with van der Waals surface area (Å²) in [6, 6.07) is 24.1. The number of ether oxygens (including phenoxy) is 3. The third kappa shape index (κ3) is 23.8. The number of pyridine rings is 7. The first-order valence-electron chi connectivity index (χ1n) is 39.1. The number of aliphatic hydroxyl groups excluding tert-OH is 8. The van der Waals surface area contributed by atoms with E-state index in [1.165, 1.54) is 95.0 Å². The largest absolute Gasteiger partial charge is 0.477 e. The molecule has 8 fully saturated rings. The number of hydrogen-bond acceptors (Lipinski definition) is 29. The van der Waals surface area contributed by atoms with E-state index < -0.39 is 64.7 Å². The Morgan fingerprint density at radius 3 is 0.875 bits per heavy atom. The maximum Gasteiger partial charge on any atom is 0.412 e. The number of nitrogens with zero attached hydrogens (tertiary/aromatic N) is 7. The zero-order chi connectivity index (χ0) is 88.1. The van der Waals surface area contributed by atoms with Crippen LogP contribution in [0.25, 0.3) is 0 Å². The van der Waals surface area contributed by atoms with Crippen LogP contribution in [0.1, 0.15) is 197 Å². The van der Waals surface area contributed by atoms with E-state index in [0.29, 0.717) is 25.7 Å². The van der Waals surface area contributed by atoms with Gasteiger partial charge in [-0.25, -0.2) is 24.0 Å². The zero-order valence-electron chi connectivity index (χ0n) is 67.0. The average molecular weight is 1670 g/mol. The number of anilines is 5. The second kappa shape index (κ2) is 42.7. The summed E-state index contributed by atoms with van der Waals surface area (Å²) < 4.78 is 28.6. The Balaban J connectivity index is 0.000000170. The molecule has 8 aliphatic rings. The first-order valence-corrected chi connectivity index (χ1v) is 39.1. The topological polar surface area (TPSA) is 604 Å². The van der Waals surface area contributed by atoms with E-state index in [1.807, 2.05) is 0 Å². The number of carbonyl (C=O) groups excluding carboxylic acids is 3. The molecule has 0 bridgehead atoms. The molecule has 120 heavy (non-hydrogen) atoms. The van der Waals surface area contributed by atoms with Crippen molar-refractivity contribution >= 4 is 52.4 Å². The molecule has 0 spiro atoms.